The van der Waals surface area contributed by atoms with E-state index in [1.165, 1.54) is 56.9 Å². The van der Waals surface area contributed by atoms with Crippen LogP contribution in [0.25, 0.3) is 0 Å². The van der Waals surface area contributed by atoms with Crippen LogP contribution >= 0.6 is 12.6 Å². The molecule has 0 radical (unpaired) electrons. The molecule has 0 aromatic heterocycles. The molecule has 3 heteroatoms. The van der Waals surface area contributed by atoms with Crippen molar-refractivity contribution >= 4 is 17.7 Å². The summed E-state index contributed by atoms with van der Waals surface area (Å²) in [6.07, 6.45) is 15.1. The average Bonchev–Trinajstić information content (AvgIpc) is 3.08. The third kappa shape index (κ3) is 4.30. The van der Waals surface area contributed by atoms with Gasteiger partial charge in [-0.2, -0.15) is 0 Å². The van der Waals surface area contributed by atoms with Crippen LogP contribution < -0.4 is 0 Å². The van der Waals surface area contributed by atoms with Crippen molar-refractivity contribution in [2.75, 3.05) is 0 Å². The lowest BCUT2D eigenvalue weighted by atomic mass is 9.40. The fraction of sp³-hybridized carbons (Fsp3) is 0.900. The Morgan fingerprint density at radius 3 is 2.33 bits per heavy atom. The lowest BCUT2D eigenvalue weighted by molar-refractivity contribution is -0.186. The van der Waals surface area contributed by atoms with Crippen molar-refractivity contribution in [3.05, 3.63) is 11.6 Å². The minimum Gasteiger partial charge on any atom is -0.393 e. The number of hydrogen-bond donors (Lipinski definition) is 2. The Labute approximate surface area is 209 Å². The lowest BCUT2D eigenvalue weighted by Crippen LogP contribution is -2.60. The molecule has 2 nitrogen and oxygen atoms in total. The van der Waals surface area contributed by atoms with Gasteiger partial charge in [-0.25, -0.2) is 0 Å². The zero-order valence-electron chi connectivity index (χ0n) is 22.2. The first-order valence-electron chi connectivity index (χ1n) is 14.0. The number of aliphatic hydroxyl groups excluding tert-OH is 1. The Bertz CT molecular complexity index is 771. The third-order valence-corrected chi connectivity index (χ3v) is 12.0. The number of allylic oxidation sites excluding steroid dienone is 2. The van der Waals surface area contributed by atoms with E-state index in [9.17, 15) is 9.90 Å². The summed E-state index contributed by atoms with van der Waals surface area (Å²) in [4.78, 5) is 12.1. The fourth-order valence-corrected chi connectivity index (χ4v) is 10.6. The molecule has 188 valence electrons. The first-order chi connectivity index (χ1) is 15.4. The predicted molar refractivity (Wildman–Crippen MR) is 141 cm³/mol. The normalized spacial score (nSPS) is 47.8. The zero-order valence-corrected chi connectivity index (χ0v) is 23.1. The van der Waals surface area contributed by atoms with E-state index in [1.54, 1.807) is 0 Å². The molecule has 0 aliphatic heterocycles. The molecule has 0 heterocycles. The first-order valence-corrected chi connectivity index (χ1v) is 14.4. The molecule has 0 aromatic rings. The number of thiol groups is 1. The van der Waals surface area contributed by atoms with Gasteiger partial charge in [0.15, 0.2) is 5.12 Å². The molecule has 0 amide bonds. The van der Waals surface area contributed by atoms with Crippen LogP contribution in [0.1, 0.15) is 112 Å². The minimum absolute atomic E-state index is 0.0557. The largest absolute Gasteiger partial charge is 0.393 e. The van der Waals surface area contributed by atoms with E-state index in [1.807, 2.05) is 0 Å². The van der Waals surface area contributed by atoms with E-state index in [0.717, 1.165) is 42.4 Å². The molecule has 4 aliphatic carbocycles. The van der Waals surface area contributed by atoms with Crippen LogP contribution in [-0.2, 0) is 4.79 Å². The second kappa shape index (κ2) is 9.30. The number of hydrogen-bond acceptors (Lipinski definition) is 2. The Balaban J connectivity index is 1.54. The number of fused-ring (bicyclic) bond motifs is 5. The summed E-state index contributed by atoms with van der Waals surface area (Å²) in [7, 11) is 0. The molecule has 4 aliphatic rings. The number of aliphatic hydroxyl groups is 1. The highest BCUT2D eigenvalue weighted by Gasteiger charge is 2.64. The Hall–Kier alpha value is -0.280. The van der Waals surface area contributed by atoms with Crippen molar-refractivity contribution in [3.63, 3.8) is 0 Å². The van der Waals surface area contributed by atoms with Crippen molar-refractivity contribution in [1.29, 1.82) is 0 Å². The third-order valence-electron chi connectivity index (χ3n) is 11.8. The molecule has 0 saturated heterocycles. The van der Waals surface area contributed by atoms with Crippen LogP contribution in [0.15, 0.2) is 11.6 Å². The quantitative estimate of drug-likeness (QED) is 0.304. The average molecular weight is 475 g/mol. The van der Waals surface area contributed by atoms with Gasteiger partial charge in [0, 0.05) is 11.8 Å². The van der Waals surface area contributed by atoms with Crippen LogP contribution in [-0.4, -0.2) is 16.3 Å². The monoisotopic (exact) mass is 474 g/mol. The Kier molecular flexibility index (Phi) is 7.28. The van der Waals surface area contributed by atoms with Crippen molar-refractivity contribution in [3.8, 4) is 0 Å². The predicted octanol–water partition coefficient (Wildman–Crippen LogP) is 7.85. The molecule has 4 fully saturated rings. The van der Waals surface area contributed by atoms with Gasteiger partial charge in [0.05, 0.1) is 6.10 Å². The molecule has 10 atom stereocenters. The summed E-state index contributed by atoms with van der Waals surface area (Å²) in [5.74, 6) is 4.60. The van der Waals surface area contributed by atoms with E-state index >= 15 is 0 Å². The molecule has 0 bridgehead atoms. The molecule has 4 saturated carbocycles. The lowest BCUT2D eigenvalue weighted by Gasteiger charge is -2.65. The SMILES string of the molecule is CC(C)=CCCC(C)C1CCC2C3CCC4C(C)(CC(=O)S)C(O)CCC4(C)C3CCC12C. The van der Waals surface area contributed by atoms with Gasteiger partial charge in [-0.15, -0.1) is 12.6 Å². The van der Waals surface area contributed by atoms with Crippen LogP contribution in [0.5, 0.6) is 0 Å². The van der Waals surface area contributed by atoms with Gasteiger partial charge in [0.25, 0.3) is 0 Å². The maximum absolute atomic E-state index is 12.1. The van der Waals surface area contributed by atoms with Gasteiger partial charge < -0.3 is 5.11 Å². The summed E-state index contributed by atoms with van der Waals surface area (Å²) in [6.45, 7) is 14.4. The second-order valence-electron chi connectivity index (χ2n) is 13.7. The van der Waals surface area contributed by atoms with E-state index in [0.29, 0.717) is 17.8 Å². The summed E-state index contributed by atoms with van der Waals surface area (Å²) < 4.78 is 0. The van der Waals surface area contributed by atoms with E-state index < -0.39 is 0 Å². The molecular formula is C30H50O2S. The fourth-order valence-electron chi connectivity index (χ4n) is 10.3. The Morgan fingerprint density at radius 1 is 1.00 bits per heavy atom. The minimum atomic E-state index is -0.366. The topological polar surface area (TPSA) is 37.3 Å². The van der Waals surface area contributed by atoms with Crippen molar-refractivity contribution in [2.45, 2.75) is 118 Å². The van der Waals surface area contributed by atoms with E-state index in [-0.39, 0.29) is 22.0 Å². The highest BCUT2D eigenvalue weighted by atomic mass is 32.1. The number of carbonyl (C=O) groups is 1. The smallest absolute Gasteiger partial charge is 0.186 e. The highest BCUT2D eigenvalue weighted by Crippen LogP contribution is 2.70. The zero-order chi connectivity index (χ0) is 24.2. The van der Waals surface area contributed by atoms with Gasteiger partial charge in [-0.05, 0) is 124 Å². The van der Waals surface area contributed by atoms with Crippen molar-refractivity contribution in [1.82, 2.24) is 0 Å². The van der Waals surface area contributed by atoms with Gasteiger partial charge in [-0.1, -0.05) is 39.3 Å². The van der Waals surface area contributed by atoms with Crippen LogP contribution in [0.4, 0.5) is 0 Å². The molecule has 4 rings (SSSR count). The maximum Gasteiger partial charge on any atom is 0.186 e. The molecular weight excluding hydrogens is 424 g/mol. The van der Waals surface area contributed by atoms with Gasteiger partial charge in [0.2, 0.25) is 0 Å². The number of carbonyl (C=O) groups excluding carboxylic acids is 1. The van der Waals surface area contributed by atoms with E-state index in [2.05, 4.69) is 60.2 Å². The summed E-state index contributed by atoms with van der Waals surface area (Å²) >= 11 is 4.15. The molecule has 1 N–H and O–H groups in total. The van der Waals surface area contributed by atoms with Crippen LogP contribution in [0, 0.1) is 51.8 Å². The molecule has 10 unspecified atom stereocenters. The second-order valence-corrected chi connectivity index (χ2v) is 14.2. The summed E-state index contributed by atoms with van der Waals surface area (Å²) in [5.41, 5.74) is 1.91. The van der Waals surface area contributed by atoms with Crippen molar-refractivity contribution in [2.24, 2.45) is 51.8 Å². The summed E-state index contributed by atoms with van der Waals surface area (Å²) in [6, 6.07) is 0. The van der Waals surface area contributed by atoms with Gasteiger partial charge in [0.1, 0.15) is 0 Å². The van der Waals surface area contributed by atoms with Gasteiger partial charge in [-0.3, -0.25) is 4.79 Å². The number of rotatable bonds is 6. The summed E-state index contributed by atoms with van der Waals surface area (Å²) in [5, 5.41) is 11.0. The van der Waals surface area contributed by atoms with Crippen LogP contribution in [0.2, 0.25) is 0 Å². The van der Waals surface area contributed by atoms with Crippen molar-refractivity contribution < 1.29 is 9.90 Å². The molecule has 0 aromatic carbocycles. The highest BCUT2D eigenvalue weighted by molar-refractivity contribution is 7.96. The molecule has 0 spiro atoms. The van der Waals surface area contributed by atoms with E-state index in [4.69, 9.17) is 0 Å². The van der Waals surface area contributed by atoms with Crippen LogP contribution in [0.3, 0.4) is 0 Å². The molecule has 33 heavy (non-hydrogen) atoms. The van der Waals surface area contributed by atoms with Gasteiger partial charge >= 0.3 is 0 Å². The Morgan fingerprint density at radius 2 is 1.67 bits per heavy atom. The maximum atomic E-state index is 12.1. The standard InChI is InChI=1S/C30H50O2S/c1-19(2)8-7-9-20(3)22-11-12-23-21-10-13-25-29(5,24(21)14-16-28(22,23)4)17-15-26(31)30(25,6)18-27(32)33/h8,20-26,31H,7,9-18H2,1-6H3,(H,32,33). The first kappa shape index (κ1) is 25.8.